The van der Waals surface area contributed by atoms with E-state index in [2.05, 4.69) is 10.1 Å². The van der Waals surface area contributed by atoms with Gasteiger partial charge in [0.25, 0.3) is 0 Å². The van der Waals surface area contributed by atoms with Gasteiger partial charge in [-0.05, 0) is 25.0 Å². The van der Waals surface area contributed by atoms with Gasteiger partial charge in [0.1, 0.15) is 12.4 Å². The highest BCUT2D eigenvalue weighted by Gasteiger charge is 2.28. The second-order valence-corrected chi connectivity index (χ2v) is 4.28. The lowest BCUT2D eigenvalue weighted by Crippen LogP contribution is -2.43. The molecule has 1 heterocycles. The highest BCUT2D eigenvalue weighted by molar-refractivity contribution is 5.29. The first kappa shape index (κ1) is 10.3. The van der Waals surface area contributed by atoms with Crippen molar-refractivity contribution >= 4 is 0 Å². The van der Waals surface area contributed by atoms with Gasteiger partial charge in [-0.25, -0.2) is 4.68 Å². The lowest BCUT2D eigenvalue weighted by atomic mass is 9.90. The Kier molecular flexibility index (Phi) is 2.53. The number of nitrogens with two attached hydrogens (primary N) is 1. The van der Waals surface area contributed by atoms with Gasteiger partial charge in [0, 0.05) is 6.04 Å². The second-order valence-electron chi connectivity index (χ2n) is 4.28. The van der Waals surface area contributed by atoms with Gasteiger partial charge in [-0.15, -0.1) is 5.10 Å². The first-order valence-corrected chi connectivity index (χ1v) is 5.70. The lowest BCUT2D eigenvalue weighted by Gasteiger charge is -2.31. The van der Waals surface area contributed by atoms with Crippen LogP contribution in [0.25, 0.3) is 5.69 Å². The number of nitrogens with zero attached hydrogens (tertiary/aromatic N) is 3. The molecule has 0 saturated heterocycles. The predicted octanol–water partition coefficient (Wildman–Crippen LogP) is 1.14. The van der Waals surface area contributed by atoms with E-state index in [-0.39, 0.29) is 12.1 Å². The Labute approximate surface area is 99.2 Å². The highest BCUT2D eigenvalue weighted by atomic mass is 16.5. The zero-order chi connectivity index (χ0) is 11.7. The normalized spacial score (nSPS) is 23.1. The third kappa shape index (κ3) is 2.14. The second kappa shape index (κ2) is 4.18. The molecule has 17 heavy (non-hydrogen) atoms. The van der Waals surface area contributed by atoms with Crippen molar-refractivity contribution in [1.82, 2.24) is 14.8 Å². The van der Waals surface area contributed by atoms with Crippen LogP contribution in [0.2, 0.25) is 0 Å². The summed E-state index contributed by atoms with van der Waals surface area (Å²) in [5.41, 5.74) is 6.67. The van der Waals surface area contributed by atoms with Crippen molar-refractivity contribution in [2.45, 2.75) is 25.0 Å². The Balaban J connectivity index is 1.70. The molecule has 1 aliphatic rings. The number of ether oxygens (including phenoxy) is 1. The zero-order valence-corrected chi connectivity index (χ0v) is 9.36. The molecule has 2 aromatic rings. The summed E-state index contributed by atoms with van der Waals surface area (Å²) < 4.78 is 7.30. The van der Waals surface area contributed by atoms with E-state index in [1.54, 1.807) is 11.0 Å². The Hall–Kier alpha value is -1.88. The summed E-state index contributed by atoms with van der Waals surface area (Å²) in [6.45, 7) is 0. The van der Waals surface area contributed by atoms with Crippen molar-refractivity contribution in [3.05, 3.63) is 36.7 Å². The standard InChI is InChI=1S/C12H14N4O/c13-9-6-11(7-9)17-12-14-8-16(15-12)10-4-2-1-3-5-10/h1-5,8-9,11H,6-7,13H2. The van der Waals surface area contributed by atoms with E-state index >= 15 is 0 Å². The fraction of sp³-hybridized carbons (Fsp3) is 0.333. The smallest absolute Gasteiger partial charge is 0.336 e. The van der Waals surface area contributed by atoms with E-state index in [0.717, 1.165) is 18.5 Å². The van der Waals surface area contributed by atoms with Gasteiger partial charge in [0.05, 0.1) is 5.69 Å². The molecule has 88 valence electrons. The fourth-order valence-corrected chi connectivity index (χ4v) is 1.86. The van der Waals surface area contributed by atoms with Gasteiger partial charge in [-0.1, -0.05) is 18.2 Å². The molecule has 0 radical (unpaired) electrons. The van der Waals surface area contributed by atoms with Crippen LogP contribution in [0, 0.1) is 0 Å². The van der Waals surface area contributed by atoms with Crippen molar-refractivity contribution in [3.63, 3.8) is 0 Å². The number of aromatic nitrogens is 3. The van der Waals surface area contributed by atoms with Crippen LogP contribution in [0.1, 0.15) is 12.8 Å². The van der Waals surface area contributed by atoms with Gasteiger partial charge in [-0.3, -0.25) is 0 Å². The molecule has 5 nitrogen and oxygen atoms in total. The van der Waals surface area contributed by atoms with Crippen molar-refractivity contribution in [1.29, 1.82) is 0 Å². The molecule has 0 spiro atoms. The molecule has 3 rings (SSSR count). The summed E-state index contributed by atoms with van der Waals surface area (Å²) in [5, 5.41) is 4.27. The van der Waals surface area contributed by atoms with E-state index in [1.165, 1.54) is 0 Å². The highest BCUT2D eigenvalue weighted by Crippen LogP contribution is 2.22. The summed E-state index contributed by atoms with van der Waals surface area (Å²) in [4.78, 5) is 4.13. The lowest BCUT2D eigenvalue weighted by molar-refractivity contribution is 0.0905. The van der Waals surface area contributed by atoms with E-state index in [9.17, 15) is 0 Å². The molecule has 1 aliphatic carbocycles. The van der Waals surface area contributed by atoms with Gasteiger partial charge in [0.2, 0.25) is 0 Å². The molecule has 1 aromatic heterocycles. The molecular formula is C12H14N4O. The van der Waals surface area contributed by atoms with Crippen molar-refractivity contribution in [3.8, 4) is 11.7 Å². The summed E-state index contributed by atoms with van der Waals surface area (Å²) in [7, 11) is 0. The van der Waals surface area contributed by atoms with E-state index in [1.807, 2.05) is 30.3 Å². The molecule has 1 fully saturated rings. The van der Waals surface area contributed by atoms with Gasteiger partial charge < -0.3 is 10.5 Å². The molecule has 0 amide bonds. The van der Waals surface area contributed by atoms with Gasteiger partial charge in [-0.2, -0.15) is 4.98 Å². The molecule has 1 saturated carbocycles. The molecule has 1 aromatic carbocycles. The monoisotopic (exact) mass is 230 g/mol. The molecule has 0 atom stereocenters. The van der Waals surface area contributed by atoms with E-state index in [0.29, 0.717) is 6.01 Å². The molecule has 0 unspecified atom stereocenters. The van der Waals surface area contributed by atoms with Crippen molar-refractivity contribution in [2.75, 3.05) is 0 Å². The predicted molar refractivity (Wildman–Crippen MR) is 63.0 cm³/mol. The molecule has 0 bridgehead atoms. The van der Waals surface area contributed by atoms with Crippen molar-refractivity contribution in [2.24, 2.45) is 5.73 Å². The average molecular weight is 230 g/mol. The van der Waals surface area contributed by atoms with E-state index in [4.69, 9.17) is 10.5 Å². The third-order valence-electron chi connectivity index (χ3n) is 2.89. The number of rotatable bonds is 3. The molecule has 2 N–H and O–H groups in total. The molecule has 0 aliphatic heterocycles. The van der Waals surface area contributed by atoms with Gasteiger partial charge in [0.15, 0.2) is 0 Å². The van der Waals surface area contributed by atoms with Crippen LogP contribution in [-0.2, 0) is 0 Å². The first-order valence-electron chi connectivity index (χ1n) is 5.70. The average Bonchev–Trinajstić information content (AvgIpc) is 2.77. The fourth-order valence-electron chi connectivity index (χ4n) is 1.86. The Morgan fingerprint density at radius 2 is 2.00 bits per heavy atom. The largest absolute Gasteiger partial charge is 0.459 e. The number of hydrogen-bond acceptors (Lipinski definition) is 4. The summed E-state index contributed by atoms with van der Waals surface area (Å²) in [6, 6.07) is 10.5. The third-order valence-corrected chi connectivity index (χ3v) is 2.89. The SMILES string of the molecule is NC1CC(Oc2ncn(-c3ccccc3)n2)C1. The zero-order valence-electron chi connectivity index (χ0n) is 9.36. The minimum atomic E-state index is 0.177. The van der Waals surface area contributed by atoms with Crippen LogP contribution in [0.15, 0.2) is 36.7 Å². The number of hydrogen-bond donors (Lipinski definition) is 1. The van der Waals surface area contributed by atoms with Crippen LogP contribution < -0.4 is 10.5 Å². The minimum absolute atomic E-state index is 0.177. The van der Waals surface area contributed by atoms with Gasteiger partial charge >= 0.3 is 6.01 Å². The number of benzene rings is 1. The minimum Gasteiger partial charge on any atom is -0.459 e. The maximum Gasteiger partial charge on any atom is 0.336 e. The summed E-state index contributed by atoms with van der Waals surface area (Å²) in [5.74, 6) is 0. The van der Waals surface area contributed by atoms with E-state index < -0.39 is 0 Å². The Morgan fingerprint density at radius 3 is 2.71 bits per heavy atom. The quantitative estimate of drug-likeness (QED) is 0.858. The summed E-state index contributed by atoms with van der Waals surface area (Å²) in [6.07, 6.45) is 3.61. The maximum atomic E-state index is 5.69. The Morgan fingerprint density at radius 1 is 1.24 bits per heavy atom. The van der Waals surface area contributed by atoms with Crippen LogP contribution in [0.5, 0.6) is 6.01 Å². The topological polar surface area (TPSA) is 66.0 Å². The van der Waals surface area contributed by atoms with Crippen LogP contribution in [-0.4, -0.2) is 26.9 Å². The number of para-hydroxylation sites is 1. The van der Waals surface area contributed by atoms with Crippen molar-refractivity contribution < 1.29 is 4.74 Å². The maximum absolute atomic E-state index is 5.69. The van der Waals surface area contributed by atoms with Crippen LogP contribution in [0.4, 0.5) is 0 Å². The summed E-state index contributed by atoms with van der Waals surface area (Å²) >= 11 is 0. The van der Waals surface area contributed by atoms with Crippen LogP contribution >= 0.6 is 0 Å². The molecule has 5 heteroatoms. The van der Waals surface area contributed by atoms with Crippen LogP contribution in [0.3, 0.4) is 0 Å². The molecular weight excluding hydrogens is 216 g/mol. The first-order chi connectivity index (χ1) is 8.31. The Bertz CT molecular complexity index is 490.